The Bertz CT molecular complexity index is 354. The fourth-order valence-electron chi connectivity index (χ4n) is 1.25. The van der Waals surface area contributed by atoms with Crippen molar-refractivity contribution >= 4 is 31.1 Å². The summed E-state index contributed by atoms with van der Waals surface area (Å²) in [5, 5.41) is 1.28. The third-order valence-electron chi connectivity index (χ3n) is 1.73. The van der Waals surface area contributed by atoms with Gasteiger partial charge in [-0.25, -0.2) is 8.42 Å². The zero-order chi connectivity index (χ0) is 10.1. The van der Waals surface area contributed by atoms with Crippen LogP contribution >= 0.6 is 22.0 Å². The van der Waals surface area contributed by atoms with E-state index in [9.17, 15) is 8.42 Å². The fourth-order valence-corrected chi connectivity index (χ4v) is 4.74. The van der Waals surface area contributed by atoms with E-state index >= 15 is 0 Å². The van der Waals surface area contributed by atoms with E-state index < -0.39 is 14.3 Å². The van der Waals surface area contributed by atoms with Gasteiger partial charge in [0.2, 0.25) is 9.05 Å². The van der Waals surface area contributed by atoms with Gasteiger partial charge in [0.15, 0.2) is 0 Å². The number of rotatable bonds is 3. The highest BCUT2D eigenvalue weighted by atomic mass is 35.7. The van der Waals surface area contributed by atoms with E-state index in [2.05, 4.69) is 0 Å². The van der Waals surface area contributed by atoms with E-state index in [1.54, 1.807) is 6.07 Å². The van der Waals surface area contributed by atoms with Crippen molar-refractivity contribution in [3.05, 3.63) is 22.4 Å². The van der Waals surface area contributed by atoms with Crippen molar-refractivity contribution in [3.8, 4) is 0 Å². The summed E-state index contributed by atoms with van der Waals surface area (Å²) >= 11 is 1.42. The van der Waals surface area contributed by atoms with Crippen molar-refractivity contribution in [2.24, 2.45) is 5.92 Å². The van der Waals surface area contributed by atoms with E-state index in [1.807, 2.05) is 25.3 Å². The number of hydrogen-bond acceptors (Lipinski definition) is 3. The van der Waals surface area contributed by atoms with Crippen LogP contribution in [-0.2, 0) is 9.05 Å². The van der Waals surface area contributed by atoms with Gasteiger partial charge in [0.1, 0.15) is 5.25 Å². The van der Waals surface area contributed by atoms with E-state index in [1.165, 1.54) is 11.3 Å². The summed E-state index contributed by atoms with van der Waals surface area (Å²) < 4.78 is 22.5. The molecule has 1 unspecified atom stereocenters. The highest BCUT2D eigenvalue weighted by molar-refractivity contribution is 8.14. The van der Waals surface area contributed by atoms with Crippen LogP contribution in [0.5, 0.6) is 0 Å². The number of thiophene rings is 1. The van der Waals surface area contributed by atoms with Gasteiger partial charge < -0.3 is 0 Å². The smallest absolute Gasteiger partial charge is 0.212 e. The predicted molar refractivity (Wildman–Crippen MR) is 56.7 cm³/mol. The summed E-state index contributed by atoms with van der Waals surface area (Å²) in [6.45, 7) is 3.70. The predicted octanol–water partition coefficient (Wildman–Crippen LogP) is 3.01. The quantitative estimate of drug-likeness (QED) is 0.759. The van der Waals surface area contributed by atoms with E-state index in [4.69, 9.17) is 10.7 Å². The topological polar surface area (TPSA) is 34.1 Å². The summed E-state index contributed by atoms with van der Waals surface area (Å²) in [7, 11) is 1.86. The van der Waals surface area contributed by atoms with Crippen LogP contribution in [0.15, 0.2) is 17.5 Å². The largest absolute Gasteiger partial charge is 0.240 e. The second-order valence-corrected chi connectivity index (χ2v) is 6.88. The molecular formula is C8H11ClO2S2. The van der Waals surface area contributed by atoms with Crippen molar-refractivity contribution in [2.75, 3.05) is 0 Å². The maximum Gasteiger partial charge on any atom is 0.240 e. The first-order valence-electron chi connectivity index (χ1n) is 3.90. The molecule has 2 nitrogen and oxygen atoms in total. The molecule has 1 aromatic rings. The standard InChI is InChI=1S/C8H11ClO2S2/c1-6(2)8(13(9,10)11)7-4-3-5-12-7/h3-6,8H,1-2H3. The second-order valence-electron chi connectivity index (χ2n) is 3.16. The lowest BCUT2D eigenvalue weighted by atomic mass is 10.1. The third-order valence-corrected chi connectivity index (χ3v) is 4.82. The molecule has 0 N–H and O–H groups in total. The van der Waals surface area contributed by atoms with E-state index in [0.29, 0.717) is 0 Å². The molecule has 0 aliphatic rings. The molecule has 5 heteroatoms. The highest BCUT2D eigenvalue weighted by Crippen LogP contribution is 2.35. The first kappa shape index (κ1) is 11.0. The molecule has 1 heterocycles. The summed E-state index contributed by atoms with van der Waals surface area (Å²) in [5.41, 5.74) is 0. The lowest BCUT2D eigenvalue weighted by Crippen LogP contribution is -2.12. The van der Waals surface area contributed by atoms with Crippen LogP contribution in [0.3, 0.4) is 0 Å². The van der Waals surface area contributed by atoms with Crippen LogP contribution in [0.2, 0.25) is 0 Å². The summed E-state index contributed by atoms with van der Waals surface area (Å²) in [6, 6.07) is 3.63. The minimum absolute atomic E-state index is 0.00106. The van der Waals surface area contributed by atoms with Gasteiger partial charge in [-0.15, -0.1) is 11.3 Å². The second kappa shape index (κ2) is 3.98. The lowest BCUT2D eigenvalue weighted by Gasteiger charge is -2.15. The summed E-state index contributed by atoms with van der Waals surface area (Å²) in [4.78, 5) is 0.810. The lowest BCUT2D eigenvalue weighted by molar-refractivity contribution is 0.556. The van der Waals surface area contributed by atoms with Gasteiger partial charge in [-0.1, -0.05) is 19.9 Å². The van der Waals surface area contributed by atoms with Gasteiger partial charge in [0, 0.05) is 15.6 Å². The Balaban J connectivity index is 3.09. The Kier molecular flexibility index (Phi) is 3.38. The van der Waals surface area contributed by atoms with Crippen molar-refractivity contribution in [1.82, 2.24) is 0 Å². The zero-order valence-electron chi connectivity index (χ0n) is 7.40. The maximum atomic E-state index is 11.2. The molecule has 0 aliphatic heterocycles. The molecule has 0 aliphatic carbocycles. The van der Waals surface area contributed by atoms with Crippen LogP contribution in [0.25, 0.3) is 0 Å². The van der Waals surface area contributed by atoms with Crippen LogP contribution in [-0.4, -0.2) is 8.42 Å². The molecule has 74 valence electrons. The Labute approximate surface area is 87.0 Å². The van der Waals surface area contributed by atoms with Crippen molar-refractivity contribution < 1.29 is 8.42 Å². The van der Waals surface area contributed by atoms with E-state index in [0.717, 1.165) is 4.88 Å². The molecule has 1 atom stereocenters. The fraction of sp³-hybridized carbons (Fsp3) is 0.500. The summed E-state index contributed by atoms with van der Waals surface area (Å²) in [5.74, 6) is 0.00106. The van der Waals surface area contributed by atoms with Crippen LogP contribution in [0, 0.1) is 5.92 Å². The monoisotopic (exact) mass is 238 g/mol. The minimum atomic E-state index is -3.50. The Morgan fingerprint density at radius 3 is 2.38 bits per heavy atom. The molecule has 0 fully saturated rings. The van der Waals surface area contributed by atoms with Gasteiger partial charge in [0.05, 0.1) is 0 Å². The first-order chi connectivity index (χ1) is 5.93. The van der Waals surface area contributed by atoms with Crippen LogP contribution in [0.4, 0.5) is 0 Å². The SMILES string of the molecule is CC(C)C(c1cccs1)S(=O)(=O)Cl. The van der Waals surface area contributed by atoms with E-state index in [-0.39, 0.29) is 5.92 Å². The van der Waals surface area contributed by atoms with Crippen LogP contribution in [0.1, 0.15) is 24.0 Å². The Hall–Kier alpha value is -0.0600. The molecule has 0 saturated heterocycles. The van der Waals surface area contributed by atoms with Gasteiger partial charge in [-0.05, 0) is 17.4 Å². The highest BCUT2D eigenvalue weighted by Gasteiger charge is 2.29. The summed E-state index contributed by atoms with van der Waals surface area (Å²) in [6.07, 6.45) is 0. The Morgan fingerprint density at radius 1 is 1.46 bits per heavy atom. The molecule has 1 rings (SSSR count). The zero-order valence-corrected chi connectivity index (χ0v) is 9.79. The molecule has 0 radical (unpaired) electrons. The van der Waals surface area contributed by atoms with Crippen molar-refractivity contribution in [3.63, 3.8) is 0 Å². The molecule has 13 heavy (non-hydrogen) atoms. The van der Waals surface area contributed by atoms with Gasteiger partial charge in [-0.2, -0.15) is 0 Å². The average Bonchev–Trinajstić information content (AvgIpc) is 2.34. The minimum Gasteiger partial charge on any atom is -0.212 e. The molecule has 0 saturated carbocycles. The van der Waals surface area contributed by atoms with Gasteiger partial charge >= 0.3 is 0 Å². The molecular weight excluding hydrogens is 228 g/mol. The van der Waals surface area contributed by atoms with Gasteiger partial charge in [-0.3, -0.25) is 0 Å². The first-order valence-corrected chi connectivity index (χ1v) is 7.15. The average molecular weight is 239 g/mol. The third kappa shape index (κ3) is 2.69. The molecule has 0 amide bonds. The molecule has 0 aromatic carbocycles. The maximum absolute atomic E-state index is 11.2. The molecule has 1 aromatic heterocycles. The Morgan fingerprint density at radius 2 is 2.08 bits per heavy atom. The molecule has 0 bridgehead atoms. The normalized spacial score (nSPS) is 14.8. The van der Waals surface area contributed by atoms with Crippen molar-refractivity contribution in [2.45, 2.75) is 19.1 Å². The number of hydrogen-bond donors (Lipinski definition) is 0. The van der Waals surface area contributed by atoms with Crippen LogP contribution < -0.4 is 0 Å². The van der Waals surface area contributed by atoms with Gasteiger partial charge in [0.25, 0.3) is 0 Å². The molecule has 0 spiro atoms. The van der Waals surface area contributed by atoms with Crippen molar-refractivity contribution in [1.29, 1.82) is 0 Å². The number of halogens is 1.